The molecule has 0 nitrogen and oxygen atoms in total. The van der Waals surface area contributed by atoms with Gasteiger partial charge in [0.2, 0.25) is 0 Å². The van der Waals surface area contributed by atoms with Gasteiger partial charge in [0.1, 0.15) is 0 Å². The monoisotopic (exact) mass is 504 g/mol. The highest BCUT2D eigenvalue weighted by Gasteiger charge is 2.13. The van der Waals surface area contributed by atoms with E-state index in [0.717, 1.165) is 0 Å². The number of benzene rings is 4. The van der Waals surface area contributed by atoms with Gasteiger partial charge < -0.3 is 0 Å². The lowest BCUT2D eigenvalue weighted by Crippen LogP contribution is -1.81. The molecule has 4 aromatic heterocycles. The molecule has 0 radical (unpaired) electrons. The van der Waals surface area contributed by atoms with Crippen LogP contribution in [0.3, 0.4) is 0 Å². The van der Waals surface area contributed by atoms with Crippen LogP contribution in [-0.4, -0.2) is 0 Å². The van der Waals surface area contributed by atoms with Crippen LogP contribution in [-0.2, 0) is 0 Å². The Morgan fingerprint density at radius 3 is 1.12 bits per heavy atom. The van der Waals surface area contributed by atoms with Crippen molar-refractivity contribution in [1.82, 2.24) is 0 Å². The van der Waals surface area contributed by atoms with E-state index in [1.165, 1.54) is 72.0 Å². The van der Waals surface area contributed by atoms with Gasteiger partial charge >= 0.3 is 0 Å². The van der Waals surface area contributed by atoms with Crippen LogP contribution < -0.4 is 0 Å². The van der Waals surface area contributed by atoms with Gasteiger partial charge in [0.05, 0.1) is 0 Å². The Kier molecular flexibility index (Phi) is 4.11. The summed E-state index contributed by atoms with van der Waals surface area (Å²) in [4.78, 5) is 5.42. The number of hydrogen-bond acceptors (Lipinski definition) is 4. The molecular formula is C30H16S4. The fourth-order valence-corrected chi connectivity index (χ4v) is 8.96. The third-order valence-corrected chi connectivity index (χ3v) is 11.0. The molecule has 8 aromatic rings. The molecule has 4 heterocycles. The number of thiophene rings is 4. The third-order valence-electron chi connectivity index (χ3n) is 6.72. The maximum atomic E-state index is 2.38. The van der Waals surface area contributed by atoms with Crippen LogP contribution >= 0.6 is 45.3 Å². The molecule has 0 atom stereocenters. The summed E-state index contributed by atoms with van der Waals surface area (Å²) in [6, 6.07) is 32.0. The predicted octanol–water partition coefficient (Wildman–Crippen LogP) is 11.0. The van der Waals surface area contributed by atoms with Gasteiger partial charge in [-0.25, -0.2) is 0 Å². The lowest BCUT2D eigenvalue weighted by Gasteiger charge is -2.09. The van der Waals surface area contributed by atoms with Crippen molar-refractivity contribution in [3.8, 4) is 19.5 Å². The summed E-state index contributed by atoms with van der Waals surface area (Å²) in [7, 11) is 0. The van der Waals surface area contributed by atoms with Gasteiger partial charge in [-0.3, -0.25) is 0 Å². The minimum absolute atomic E-state index is 1.34. The Bertz CT molecular complexity index is 1850. The van der Waals surface area contributed by atoms with Crippen LogP contribution in [0.1, 0.15) is 0 Å². The summed E-state index contributed by atoms with van der Waals surface area (Å²) in [5, 5.41) is 15.1. The molecule has 0 aliphatic rings. The lowest BCUT2D eigenvalue weighted by atomic mass is 9.95. The number of hydrogen-bond donors (Lipinski definition) is 0. The van der Waals surface area contributed by atoms with Crippen LogP contribution in [0.5, 0.6) is 0 Å². The third kappa shape index (κ3) is 2.74. The molecule has 0 unspecified atom stereocenters. The largest absolute Gasteiger partial charge is 0.143 e. The first-order chi connectivity index (χ1) is 16.8. The molecule has 8 rings (SSSR count). The SMILES string of the molecule is c1csc(-c2cc3c(ccc4c3ccc3c5ccc6sc(-c7cccs7)cc6c5ccc43)s2)c1. The van der Waals surface area contributed by atoms with E-state index in [9.17, 15) is 0 Å². The smallest absolute Gasteiger partial charge is 0.0455 e. The van der Waals surface area contributed by atoms with Gasteiger partial charge in [-0.2, -0.15) is 0 Å². The molecule has 4 heteroatoms. The summed E-state index contributed by atoms with van der Waals surface area (Å²) >= 11 is 7.41. The average molecular weight is 505 g/mol. The first kappa shape index (κ1) is 19.3. The Labute approximate surface area is 212 Å². The fourth-order valence-electron chi connectivity index (χ4n) is 5.16. The van der Waals surface area contributed by atoms with E-state index in [1.54, 1.807) is 0 Å². The van der Waals surface area contributed by atoms with Crippen molar-refractivity contribution < 1.29 is 0 Å². The number of fused-ring (bicyclic) bond motifs is 9. The van der Waals surface area contributed by atoms with Gasteiger partial charge in [0.15, 0.2) is 0 Å². The Hall–Kier alpha value is -3.02. The molecule has 0 saturated carbocycles. The zero-order valence-electron chi connectivity index (χ0n) is 17.9. The van der Waals surface area contributed by atoms with Gasteiger partial charge in [0.25, 0.3) is 0 Å². The topological polar surface area (TPSA) is 0 Å². The second-order valence-electron chi connectivity index (χ2n) is 8.55. The van der Waals surface area contributed by atoms with E-state index in [4.69, 9.17) is 0 Å². The molecule has 0 amide bonds. The van der Waals surface area contributed by atoms with Gasteiger partial charge in [-0.1, -0.05) is 48.5 Å². The van der Waals surface area contributed by atoms with Crippen molar-refractivity contribution in [2.45, 2.75) is 0 Å². The van der Waals surface area contributed by atoms with Crippen LogP contribution in [0.4, 0.5) is 0 Å². The highest BCUT2D eigenvalue weighted by Crippen LogP contribution is 2.43. The average Bonchev–Trinajstić information content (AvgIpc) is 3.68. The molecule has 160 valence electrons. The minimum atomic E-state index is 1.34. The first-order valence-corrected chi connectivity index (χ1v) is 14.5. The van der Waals surface area contributed by atoms with Crippen molar-refractivity contribution in [3.63, 3.8) is 0 Å². The van der Waals surface area contributed by atoms with E-state index >= 15 is 0 Å². The maximum Gasteiger partial charge on any atom is 0.0455 e. The molecule has 0 spiro atoms. The van der Waals surface area contributed by atoms with E-state index in [1.807, 2.05) is 45.3 Å². The van der Waals surface area contributed by atoms with E-state index in [0.29, 0.717) is 0 Å². The van der Waals surface area contributed by atoms with Gasteiger partial charge in [0, 0.05) is 39.7 Å². The molecule has 0 aliphatic heterocycles. The molecule has 4 aromatic carbocycles. The summed E-state index contributed by atoms with van der Waals surface area (Å²) in [5.74, 6) is 0. The molecule has 0 saturated heterocycles. The van der Waals surface area contributed by atoms with Gasteiger partial charge in [-0.05, 0) is 79.5 Å². The molecule has 34 heavy (non-hydrogen) atoms. The molecule has 0 N–H and O–H groups in total. The zero-order chi connectivity index (χ0) is 22.2. The summed E-state index contributed by atoms with van der Waals surface area (Å²) in [6.07, 6.45) is 0. The van der Waals surface area contributed by atoms with Crippen LogP contribution in [0, 0.1) is 0 Å². The van der Waals surface area contributed by atoms with Crippen LogP contribution in [0.25, 0.3) is 72.0 Å². The Morgan fingerprint density at radius 1 is 0.353 bits per heavy atom. The van der Waals surface area contributed by atoms with Crippen LogP contribution in [0.15, 0.2) is 95.7 Å². The predicted molar refractivity (Wildman–Crippen MR) is 156 cm³/mol. The Morgan fingerprint density at radius 2 is 0.735 bits per heavy atom. The Balaban J connectivity index is 1.39. The van der Waals surface area contributed by atoms with Crippen molar-refractivity contribution >= 4 is 97.8 Å². The lowest BCUT2D eigenvalue weighted by molar-refractivity contribution is 1.86. The second kappa shape index (κ2) is 7.24. The number of rotatable bonds is 2. The van der Waals surface area contributed by atoms with Crippen molar-refractivity contribution in [1.29, 1.82) is 0 Å². The van der Waals surface area contributed by atoms with E-state index in [-0.39, 0.29) is 0 Å². The molecular weight excluding hydrogens is 489 g/mol. The normalized spacial score (nSPS) is 12.1. The fraction of sp³-hybridized carbons (Fsp3) is 0. The van der Waals surface area contributed by atoms with Crippen molar-refractivity contribution in [2.75, 3.05) is 0 Å². The summed E-state index contributed by atoms with van der Waals surface area (Å²) < 4.78 is 2.72. The molecule has 0 fully saturated rings. The summed E-state index contributed by atoms with van der Waals surface area (Å²) in [5.41, 5.74) is 0. The second-order valence-corrected chi connectivity index (χ2v) is 12.6. The van der Waals surface area contributed by atoms with E-state index in [2.05, 4.69) is 95.7 Å². The highest BCUT2D eigenvalue weighted by molar-refractivity contribution is 7.26. The standard InChI is InChI=1S/C30H16S4/c1-3-27(31-13-1)29-15-23-21-7-5-18-17(19(21)9-11-25(23)33-29)6-8-22-20(18)10-12-26-24(22)16-30(34-26)28-4-2-14-32-28/h1-16H. The summed E-state index contributed by atoms with van der Waals surface area (Å²) in [6.45, 7) is 0. The zero-order valence-corrected chi connectivity index (χ0v) is 21.1. The first-order valence-electron chi connectivity index (χ1n) is 11.2. The molecule has 0 aliphatic carbocycles. The van der Waals surface area contributed by atoms with Crippen LogP contribution in [0.2, 0.25) is 0 Å². The van der Waals surface area contributed by atoms with Crippen molar-refractivity contribution in [2.24, 2.45) is 0 Å². The van der Waals surface area contributed by atoms with E-state index < -0.39 is 0 Å². The molecule has 0 bridgehead atoms. The minimum Gasteiger partial charge on any atom is -0.143 e. The quantitative estimate of drug-likeness (QED) is 0.205. The van der Waals surface area contributed by atoms with Crippen molar-refractivity contribution in [3.05, 3.63) is 95.7 Å². The maximum absolute atomic E-state index is 2.38. The van der Waals surface area contributed by atoms with Gasteiger partial charge in [-0.15, -0.1) is 45.3 Å². The highest BCUT2D eigenvalue weighted by atomic mass is 32.1.